The quantitative estimate of drug-likeness (QED) is 0.168. The van der Waals surface area contributed by atoms with Crippen molar-refractivity contribution in [3.05, 3.63) is 149 Å². The van der Waals surface area contributed by atoms with Crippen LogP contribution in [0.3, 0.4) is 0 Å². The van der Waals surface area contributed by atoms with E-state index in [2.05, 4.69) is 194 Å². The van der Waals surface area contributed by atoms with Gasteiger partial charge in [0.05, 0.1) is 17.0 Å². The van der Waals surface area contributed by atoms with Crippen LogP contribution in [0.4, 0.5) is 34.1 Å². The highest BCUT2D eigenvalue weighted by Gasteiger charge is 2.49. The molecule has 0 spiro atoms. The molecule has 7 aromatic rings. The van der Waals surface area contributed by atoms with E-state index in [-0.39, 0.29) is 23.0 Å². The molecule has 3 aliphatic rings. The monoisotopic (exact) mass is 744 g/mol. The number of furan rings is 1. The SMILES string of the molecule is Cc1cc2c3c(c1)N(c1ccc(C(C)(C)C)cc1)c1c(oc4ccccc14)B3c1cc3c(cc1N2c1c(C)cc(-c2ccccc2)cc1C)C(C)(C)CCC3(C)C. The van der Waals surface area contributed by atoms with Crippen molar-refractivity contribution in [3.63, 3.8) is 0 Å². The third-order valence-corrected chi connectivity index (χ3v) is 13.5. The van der Waals surface area contributed by atoms with Gasteiger partial charge in [0.1, 0.15) is 5.58 Å². The molecule has 3 heterocycles. The molecular weight excluding hydrogens is 691 g/mol. The van der Waals surface area contributed by atoms with Gasteiger partial charge >= 0.3 is 0 Å². The second-order valence-electron chi connectivity index (χ2n) is 19.5. The van der Waals surface area contributed by atoms with Crippen LogP contribution >= 0.6 is 0 Å². The van der Waals surface area contributed by atoms with E-state index in [0.717, 1.165) is 40.8 Å². The van der Waals surface area contributed by atoms with Crippen LogP contribution in [0.2, 0.25) is 0 Å². The average molecular weight is 745 g/mol. The summed E-state index contributed by atoms with van der Waals surface area (Å²) in [5.74, 6) is 0. The first-order valence-corrected chi connectivity index (χ1v) is 20.8. The van der Waals surface area contributed by atoms with E-state index in [0.29, 0.717) is 0 Å². The fourth-order valence-electron chi connectivity index (χ4n) is 10.4. The summed E-state index contributed by atoms with van der Waals surface area (Å²) in [7, 11) is 0. The van der Waals surface area contributed by atoms with Crippen LogP contribution < -0.4 is 26.4 Å². The summed E-state index contributed by atoms with van der Waals surface area (Å²) in [6.07, 6.45) is 2.32. The van der Waals surface area contributed by atoms with E-state index in [1.807, 2.05) is 0 Å². The molecule has 0 fully saturated rings. The van der Waals surface area contributed by atoms with Crippen molar-refractivity contribution in [1.29, 1.82) is 0 Å². The first-order valence-electron chi connectivity index (χ1n) is 20.8. The van der Waals surface area contributed by atoms with Crippen molar-refractivity contribution in [1.82, 2.24) is 0 Å². The molecule has 1 aliphatic carbocycles. The Labute approximate surface area is 339 Å². The van der Waals surface area contributed by atoms with Crippen LogP contribution in [0.15, 0.2) is 120 Å². The molecule has 0 N–H and O–H groups in total. The lowest BCUT2D eigenvalue weighted by Crippen LogP contribution is -2.61. The highest BCUT2D eigenvalue weighted by molar-refractivity contribution is 7.00. The van der Waals surface area contributed by atoms with Gasteiger partial charge in [0.25, 0.3) is 6.71 Å². The molecule has 6 aromatic carbocycles. The van der Waals surface area contributed by atoms with Gasteiger partial charge in [-0.1, -0.05) is 109 Å². The maximum atomic E-state index is 7.19. The number of nitrogens with zero attached hydrogens (tertiary/aromatic N) is 2. The standard InChI is InChI=1S/C53H53BN2O/c1-32-26-44-47-45(27-32)56(48-33(2)28-36(29-34(48)3)35-16-12-11-13-17-35)43-31-41-40(52(7,8)24-25-53(41,9)10)30-42(43)54(47)50-49(39-18-14-15-19-46(39)57-50)55(44)38-22-20-37(21-23-38)51(4,5)6/h11-23,26-31H,24-25H2,1-10H3. The number of fused-ring (bicyclic) bond motifs is 7. The predicted octanol–water partition coefficient (Wildman–Crippen LogP) is 12.8. The third kappa shape index (κ3) is 5.39. The van der Waals surface area contributed by atoms with E-state index in [9.17, 15) is 0 Å². The largest absolute Gasteiger partial charge is 0.468 e. The summed E-state index contributed by atoms with van der Waals surface area (Å²) >= 11 is 0. The van der Waals surface area contributed by atoms with E-state index in [1.165, 1.54) is 78.2 Å². The molecule has 0 saturated heterocycles. The maximum absolute atomic E-state index is 7.19. The molecule has 284 valence electrons. The second-order valence-corrected chi connectivity index (χ2v) is 19.5. The van der Waals surface area contributed by atoms with E-state index >= 15 is 0 Å². The number of aryl methyl sites for hydroxylation is 3. The van der Waals surface area contributed by atoms with Gasteiger partial charge in [-0.3, -0.25) is 0 Å². The van der Waals surface area contributed by atoms with Crippen molar-refractivity contribution in [2.75, 3.05) is 9.80 Å². The van der Waals surface area contributed by atoms with Gasteiger partial charge < -0.3 is 14.2 Å². The van der Waals surface area contributed by atoms with Gasteiger partial charge in [-0.15, -0.1) is 0 Å². The smallest absolute Gasteiger partial charge is 0.297 e. The van der Waals surface area contributed by atoms with Crippen molar-refractivity contribution < 1.29 is 4.42 Å². The van der Waals surface area contributed by atoms with Gasteiger partial charge in [-0.2, -0.15) is 0 Å². The van der Waals surface area contributed by atoms with Crippen LogP contribution in [0.1, 0.15) is 94.7 Å². The van der Waals surface area contributed by atoms with Crippen molar-refractivity contribution >= 4 is 68.4 Å². The van der Waals surface area contributed by atoms with Gasteiger partial charge in [0, 0.05) is 28.1 Å². The Kier molecular flexibility index (Phi) is 7.72. The molecule has 0 amide bonds. The average Bonchev–Trinajstić information content (AvgIpc) is 3.56. The predicted molar refractivity (Wildman–Crippen MR) is 244 cm³/mol. The topological polar surface area (TPSA) is 19.6 Å². The number of para-hydroxylation sites is 1. The minimum Gasteiger partial charge on any atom is -0.468 e. The van der Waals surface area contributed by atoms with Crippen molar-refractivity contribution in [3.8, 4) is 11.1 Å². The molecule has 0 atom stereocenters. The number of benzene rings is 6. The summed E-state index contributed by atoms with van der Waals surface area (Å²) in [5, 5.41) is 1.15. The highest BCUT2D eigenvalue weighted by Crippen LogP contribution is 2.52. The summed E-state index contributed by atoms with van der Waals surface area (Å²) in [4.78, 5) is 5.13. The highest BCUT2D eigenvalue weighted by atomic mass is 16.3. The van der Waals surface area contributed by atoms with E-state index < -0.39 is 0 Å². The number of anilines is 6. The van der Waals surface area contributed by atoms with E-state index in [1.54, 1.807) is 0 Å². The molecule has 4 heteroatoms. The Morgan fingerprint density at radius 3 is 1.84 bits per heavy atom. The minimum absolute atomic E-state index is 0.0521. The Morgan fingerprint density at radius 1 is 0.596 bits per heavy atom. The van der Waals surface area contributed by atoms with Crippen LogP contribution in [0.5, 0.6) is 0 Å². The summed E-state index contributed by atoms with van der Waals surface area (Å²) in [6, 6.07) is 43.5. The number of hydrogen-bond acceptors (Lipinski definition) is 3. The van der Waals surface area contributed by atoms with Crippen LogP contribution in [-0.4, -0.2) is 6.71 Å². The summed E-state index contributed by atoms with van der Waals surface area (Å²) in [6.45, 7) is 23.4. The first-order chi connectivity index (χ1) is 27.1. The Balaban J connectivity index is 1.32. The molecule has 2 aliphatic heterocycles. The minimum atomic E-state index is -0.0790. The molecule has 0 bridgehead atoms. The van der Waals surface area contributed by atoms with Crippen LogP contribution in [-0.2, 0) is 16.2 Å². The maximum Gasteiger partial charge on any atom is 0.297 e. The van der Waals surface area contributed by atoms with Crippen molar-refractivity contribution in [2.45, 2.75) is 98.3 Å². The lowest BCUT2D eigenvalue weighted by molar-refractivity contribution is 0.332. The van der Waals surface area contributed by atoms with Crippen LogP contribution in [0.25, 0.3) is 22.1 Å². The fraction of sp³-hybridized carbons (Fsp3) is 0.283. The fourth-order valence-corrected chi connectivity index (χ4v) is 10.4. The zero-order valence-electron chi connectivity index (χ0n) is 35.3. The van der Waals surface area contributed by atoms with E-state index in [4.69, 9.17) is 4.42 Å². The van der Waals surface area contributed by atoms with Crippen molar-refractivity contribution in [2.24, 2.45) is 0 Å². The molecule has 0 saturated carbocycles. The molecular formula is C53H53BN2O. The van der Waals surface area contributed by atoms with Gasteiger partial charge in [-0.05, 0) is 160 Å². The Bertz CT molecular complexity index is 2740. The molecule has 1 aromatic heterocycles. The first kappa shape index (κ1) is 35.9. The molecule has 57 heavy (non-hydrogen) atoms. The lowest BCUT2D eigenvalue weighted by atomic mass is 9.35. The molecule has 0 unspecified atom stereocenters. The zero-order chi connectivity index (χ0) is 39.8. The summed E-state index contributed by atoms with van der Waals surface area (Å²) in [5.41, 5.74) is 22.5. The third-order valence-electron chi connectivity index (χ3n) is 13.5. The van der Waals surface area contributed by atoms with Gasteiger partial charge in [0.15, 0.2) is 0 Å². The lowest BCUT2D eigenvalue weighted by Gasteiger charge is -2.47. The Morgan fingerprint density at radius 2 is 1.19 bits per heavy atom. The Hall–Kier alpha value is -5.48. The van der Waals surface area contributed by atoms with Gasteiger partial charge in [-0.25, -0.2) is 0 Å². The summed E-state index contributed by atoms with van der Waals surface area (Å²) < 4.78 is 7.19. The normalized spacial score (nSPS) is 16.3. The van der Waals surface area contributed by atoms with Crippen LogP contribution in [0, 0.1) is 20.8 Å². The molecule has 10 rings (SSSR count). The molecule has 0 radical (unpaired) electrons. The number of rotatable bonds is 3. The zero-order valence-corrected chi connectivity index (χ0v) is 35.3. The second kappa shape index (κ2) is 12.3. The van der Waals surface area contributed by atoms with Gasteiger partial charge in [0.2, 0.25) is 0 Å². The molecule has 3 nitrogen and oxygen atoms in total. The number of hydrogen-bond donors (Lipinski definition) is 0.